The Hall–Kier alpha value is -3.03. The van der Waals surface area contributed by atoms with E-state index in [0.717, 1.165) is 12.2 Å². The molecule has 6 nitrogen and oxygen atoms in total. The minimum atomic E-state index is -0.653. The Kier molecular flexibility index (Phi) is 11.0. The fraction of sp³-hybridized carbons (Fsp3) is 0.406. The van der Waals surface area contributed by atoms with E-state index in [9.17, 15) is 10.2 Å². The highest BCUT2D eigenvalue weighted by Crippen LogP contribution is 2.24. The van der Waals surface area contributed by atoms with Gasteiger partial charge in [0.15, 0.2) is 0 Å². The van der Waals surface area contributed by atoms with Crippen LogP contribution in [0.25, 0.3) is 5.57 Å². The maximum atomic E-state index is 9.97. The van der Waals surface area contributed by atoms with Crippen LogP contribution in [0, 0.1) is 6.92 Å². The average molecular weight is 518 g/mol. The average Bonchev–Trinajstić information content (AvgIpc) is 3.43. The van der Waals surface area contributed by atoms with Crippen molar-refractivity contribution in [3.05, 3.63) is 101 Å². The number of nitrogens with zero attached hydrogens (tertiary/aromatic N) is 2. The van der Waals surface area contributed by atoms with Crippen molar-refractivity contribution < 1.29 is 15.3 Å². The Morgan fingerprint density at radius 2 is 1.76 bits per heavy atom. The number of aryl methyl sites for hydroxylation is 1. The molecule has 38 heavy (non-hydrogen) atoms. The van der Waals surface area contributed by atoms with E-state index in [2.05, 4.69) is 64.6 Å². The number of phenols is 1. The number of aliphatic hydroxyl groups excluding tert-OH is 2. The number of aromatic hydroxyl groups is 1. The summed E-state index contributed by atoms with van der Waals surface area (Å²) in [7, 11) is 0. The summed E-state index contributed by atoms with van der Waals surface area (Å²) in [6.45, 7) is 11.8. The van der Waals surface area contributed by atoms with Gasteiger partial charge in [-0.1, -0.05) is 48.0 Å². The first-order chi connectivity index (χ1) is 18.2. The van der Waals surface area contributed by atoms with Crippen molar-refractivity contribution in [1.29, 1.82) is 0 Å². The molecule has 0 amide bonds. The lowest BCUT2D eigenvalue weighted by molar-refractivity contribution is 0.163. The summed E-state index contributed by atoms with van der Waals surface area (Å²) in [5.74, 6) is 0.0484. The Morgan fingerprint density at radius 1 is 1.05 bits per heavy atom. The molecule has 1 aliphatic rings. The molecule has 1 atom stereocenters. The van der Waals surface area contributed by atoms with Crippen LogP contribution in [0.3, 0.4) is 0 Å². The van der Waals surface area contributed by atoms with Gasteiger partial charge in [-0.2, -0.15) is 0 Å². The molecule has 0 radical (unpaired) electrons. The number of hydrogen-bond acceptors (Lipinski definition) is 6. The predicted octanol–water partition coefficient (Wildman–Crippen LogP) is 5.22. The molecule has 1 aromatic heterocycles. The van der Waals surface area contributed by atoms with Crippen LogP contribution in [0.5, 0.6) is 5.75 Å². The van der Waals surface area contributed by atoms with Crippen molar-refractivity contribution in [2.45, 2.75) is 58.8 Å². The maximum Gasteiger partial charge on any atom is 0.121 e. The molecule has 1 fully saturated rings. The third kappa shape index (κ3) is 9.37. The van der Waals surface area contributed by atoms with Gasteiger partial charge >= 0.3 is 0 Å². The third-order valence-electron chi connectivity index (χ3n) is 6.54. The van der Waals surface area contributed by atoms with Gasteiger partial charge in [0.05, 0.1) is 18.4 Å². The van der Waals surface area contributed by atoms with Crippen molar-refractivity contribution in [2.75, 3.05) is 26.2 Å². The molecule has 204 valence electrons. The summed E-state index contributed by atoms with van der Waals surface area (Å²) in [6.07, 6.45) is 6.21. The molecule has 3 aromatic rings. The minimum absolute atomic E-state index is 0.0484. The van der Waals surface area contributed by atoms with Crippen LogP contribution in [0.4, 0.5) is 0 Å². The standard InChI is InChI=1S/C19H22N2.C13H21NO3/c1-16-7-9-17(10-8-16)18(19-6-2-3-12-20-19)11-15-21-13-4-5-14-21;1-13(2,3)14-7-12(17)9-4-5-11(16)10(6-9)8-15/h2-3,6-12H,4-5,13-15H2,1H3;4-6,12,14-17H,7-8H2,1-3H3/b18-11+;. The highest BCUT2D eigenvalue weighted by atomic mass is 16.3. The quantitative estimate of drug-likeness (QED) is 0.328. The molecule has 1 saturated heterocycles. The number of aliphatic hydroxyl groups is 2. The van der Waals surface area contributed by atoms with Gasteiger partial charge in [0.2, 0.25) is 0 Å². The first-order valence-corrected chi connectivity index (χ1v) is 13.4. The van der Waals surface area contributed by atoms with Gasteiger partial charge in [-0.25, -0.2) is 0 Å². The highest BCUT2D eigenvalue weighted by molar-refractivity contribution is 5.78. The first kappa shape index (κ1) is 29.5. The van der Waals surface area contributed by atoms with Crippen molar-refractivity contribution in [1.82, 2.24) is 15.2 Å². The normalized spacial score (nSPS) is 15.2. The number of nitrogens with one attached hydrogen (secondary N) is 1. The summed E-state index contributed by atoms with van der Waals surface area (Å²) in [5, 5.41) is 31.6. The van der Waals surface area contributed by atoms with Crippen LogP contribution >= 0.6 is 0 Å². The second kappa shape index (κ2) is 14.2. The van der Waals surface area contributed by atoms with Gasteiger partial charge in [0.1, 0.15) is 5.75 Å². The summed E-state index contributed by atoms with van der Waals surface area (Å²) < 4.78 is 0. The van der Waals surface area contributed by atoms with Gasteiger partial charge in [-0.3, -0.25) is 9.88 Å². The van der Waals surface area contributed by atoms with E-state index in [-0.39, 0.29) is 17.9 Å². The fourth-order valence-corrected chi connectivity index (χ4v) is 4.27. The number of hydrogen-bond donors (Lipinski definition) is 4. The highest BCUT2D eigenvalue weighted by Gasteiger charge is 2.15. The molecule has 2 heterocycles. The Labute approximate surface area is 227 Å². The van der Waals surface area contributed by atoms with Gasteiger partial charge in [-0.05, 0) is 89.0 Å². The fourth-order valence-electron chi connectivity index (χ4n) is 4.27. The SMILES string of the molecule is CC(C)(C)NCC(O)c1ccc(O)c(CO)c1.Cc1ccc(/C(=C\CN2CCCC2)c2ccccn2)cc1. The molecule has 0 bridgehead atoms. The van der Waals surface area contributed by atoms with Crippen molar-refractivity contribution in [3.8, 4) is 5.75 Å². The summed E-state index contributed by atoms with van der Waals surface area (Å²) in [6, 6.07) is 19.6. The first-order valence-electron chi connectivity index (χ1n) is 13.4. The van der Waals surface area contributed by atoms with Crippen LogP contribution in [-0.4, -0.2) is 56.9 Å². The van der Waals surface area contributed by atoms with E-state index in [1.54, 1.807) is 12.1 Å². The number of likely N-dealkylation sites (tertiary alicyclic amines) is 1. The van der Waals surface area contributed by atoms with Crippen LogP contribution in [0.15, 0.2) is 72.9 Å². The lowest BCUT2D eigenvalue weighted by Gasteiger charge is -2.23. The molecule has 1 aliphatic heterocycles. The minimum Gasteiger partial charge on any atom is -0.508 e. The topological polar surface area (TPSA) is 88.8 Å². The van der Waals surface area contributed by atoms with Crippen molar-refractivity contribution in [3.63, 3.8) is 0 Å². The number of rotatable bonds is 8. The van der Waals surface area contributed by atoms with E-state index in [0.29, 0.717) is 17.7 Å². The monoisotopic (exact) mass is 517 g/mol. The van der Waals surface area contributed by atoms with Crippen molar-refractivity contribution >= 4 is 5.57 Å². The number of aromatic nitrogens is 1. The maximum absolute atomic E-state index is 9.97. The lowest BCUT2D eigenvalue weighted by atomic mass is 10.0. The number of benzene rings is 2. The second-order valence-electron chi connectivity index (χ2n) is 10.9. The molecule has 0 aliphatic carbocycles. The van der Waals surface area contributed by atoms with Gasteiger partial charge < -0.3 is 20.6 Å². The largest absolute Gasteiger partial charge is 0.508 e. The molecular formula is C32H43N3O3. The Morgan fingerprint density at radius 3 is 2.37 bits per heavy atom. The van der Waals surface area contributed by atoms with E-state index < -0.39 is 6.10 Å². The molecule has 4 N–H and O–H groups in total. The van der Waals surface area contributed by atoms with Gasteiger partial charge in [0, 0.05) is 36.0 Å². The van der Waals surface area contributed by atoms with Crippen LogP contribution in [-0.2, 0) is 6.61 Å². The molecule has 1 unspecified atom stereocenters. The van der Waals surface area contributed by atoms with Crippen LogP contribution < -0.4 is 5.32 Å². The Bertz CT molecular complexity index is 1150. The second-order valence-corrected chi connectivity index (χ2v) is 10.9. The Balaban J connectivity index is 0.000000216. The predicted molar refractivity (Wildman–Crippen MR) is 155 cm³/mol. The summed E-state index contributed by atoms with van der Waals surface area (Å²) in [5.41, 5.74) is 5.89. The van der Waals surface area contributed by atoms with E-state index >= 15 is 0 Å². The van der Waals surface area contributed by atoms with Gasteiger partial charge in [-0.15, -0.1) is 0 Å². The van der Waals surface area contributed by atoms with E-state index in [1.807, 2.05) is 33.0 Å². The lowest BCUT2D eigenvalue weighted by Crippen LogP contribution is -2.38. The number of pyridine rings is 1. The van der Waals surface area contributed by atoms with E-state index in [4.69, 9.17) is 5.11 Å². The molecule has 2 aromatic carbocycles. The van der Waals surface area contributed by atoms with Crippen LogP contribution in [0.1, 0.15) is 67.7 Å². The molecular weight excluding hydrogens is 474 g/mol. The zero-order valence-electron chi connectivity index (χ0n) is 23.2. The van der Waals surface area contributed by atoms with Crippen molar-refractivity contribution in [2.24, 2.45) is 0 Å². The third-order valence-corrected chi connectivity index (χ3v) is 6.54. The number of β-amino-alcohol motifs (C(OH)–C–C–N with tert-alkyl or cyclic N) is 1. The zero-order chi connectivity index (χ0) is 27.5. The molecule has 4 rings (SSSR count). The van der Waals surface area contributed by atoms with E-state index in [1.165, 1.54) is 48.7 Å². The smallest absolute Gasteiger partial charge is 0.121 e. The van der Waals surface area contributed by atoms with Crippen LogP contribution in [0.2, 0.25) is 0 Å². The summed E-state index contributed by atoms with van der Waals surface area (Å²) >= 11 is 0. The molecule has 6 heteroatoms. The summed E-state index contributed by atoms with van der Waals surface area (Å²) in [4.78, 5) is 7.05. The molecule has 0 spiro atoms. The van der Waals surface area contributed by atoms with Gasteiger partial charge in [0.25, 0.3) is 0 Å². The zero-order valence-corrected chi connectivity index (χ0v) is 23.2. The molecule has 0 saturated carbocycles.